The first-order valence-electron chi connectivity index (χ1n) is 6.28. The van der Waals surface area contributed by atoms with E-state index >= 15 is 0 Å². The molecule has 1 heterocycles. The molecule has 0 atom stereocenters. The van der Waals surface area contributed by atoms with E-state index in [1.54, 1.807) is 0 Å². The Morgan fingerprint density at radius 3 is 2.41 bits per heavy atom. The summed E-state index contributed by atoms with van der Waals surface area (Å²) in [6.07, 6.45) is 4.19. The maximum absolute atomic E-state index is 12.0. The van der Waals surface area contributed by atoms with Gasteiger partial charge in [-0.25, -0.2) is 0 Å². The van der Waals surface area contributed by atoms with Gasteiger partial charge in [-0.2, -0.15) is 0 Å². The number of carbonyl (C=O) groups is 1. The summed E-state index contributed by atoms with van der Waals surface area (Å²) in [4.78, 5) is 14.3. The van der Waals surface area contributed by atoms with Crippen LogP contribution in [0.3, 0.4) is 0 Å². The second-order valence-electron chi connectivity index (χ2n) is 4.58. The van der Waals surface area contributed by atoms with E-state index in [2.05, 4.69) is 11.5 Å². The zero-order valence-electron chi connectivity index (χ0n) is 10.2. The number of hydrogen-bond donors (Lipinski definition) is 0. The molecule has 1 saturated heterocycles. The Kier molecular flexibility index (Phi) is 3.97. The minimum atomic E-state index is 0.168. The molecule has 1 aliphatic heterocycles. The molecule has 1 aromatic carbocycles. The van der Waals surface area contributed by atoms with E-state index < -0.39 is 0 Å². The third-order valence-corrected chi connectivity index (χ3v) is 3.26. The molecule has 1 aromatic rings. The van der Waals surface area contributed by atoms with Crippen LogP contribution in [0.4, 0.5) is 0 Å². The van der Waals surface area contributed by atoms with Crippen molar-refractivity contribution in [3.63, 3.8) is 0 Å². The number of allylic oxidation sites excluding steroid dienone is 1. The Morgan fingerprint density at radius 2 is 1.76 bits per heavy atom. The molecule has 1 fully saturated rings. The summed E-state index contributed by atoms with van der Waals surface area (Å²) in [7, 11) is 0. The summed E-state index contributed by atoms with van der Waals surface area (Å²) >= 11 is 0. The predicted molar refractivity (Wildman–Crippen MR) is 70.0 cm³/mol. The monoisotopic (exact) mass is 229 g/mol. The van der Waals surface area contributed by atoms with Crippen molar-refractivity contribution >= 4 is 5.78 Å². The van der Waals surface area contributed by atoms with E-state index in [1.165, 1.54) is 19.3 Å². The smallest absolute Gasteiger partial charge is 0.168 e. The molecule has 2 heteroatoms. The SMILES string of the molecule is C=C(CC(=O)c1ccccc1)N1CCCCC1. The van der Waals surface area contributed by atoms with Gasteiger partial charge in [0.1, 0.15) is 0 Å². The molecule has 0 unspecified atom stereocenters. The van der Waals surface area contributed by atoms with Crippen molar-refractivity contribution in [2.24, 2.45) is 0 Å². The van der Waals surface area contributed by atoms with Gasteiger partial charge in [-0.1, -0.05) is 36.9 Å². The molecule has 0 aromatic heterocycles. The summed E-state index contributed by atoms with van der Waals surface area (Å²) in [5.41, 5.74) is 1.75. The van der Waals surface area contributed by atoms with E-state index in [0.29, 0.717) is 6.42 Å². The van der Waals surface area contributed by atoms with Crippen LogP contribution in [0.15, 0.2) is 42.6 Å². The lowest BCUT2D eigenvalue weighted by Crippen LogP contribution is -2.29. The third-order valence-electron chi connectivity index (χ3n) is 3.26. The van der Waals surface area contributed by atoms with Crippen molar-refractivity contribution in [1.29, 1.82) is 0 Å². The van der Waals surface area contributed by atoms with E-state index in [1.807, 2.05) is 30.3 Å². The first-order chi connectivity index (χ1) is 8.27. The third kappa shape index (κ3) is 3.19. The van der Waals surface area contributed by atoms with Crippen molar-refractivity contribution in [1.82, 2.24) is 4.90 Å². The number of piperidine rings is 1. The van der Waals surface area contributed by atoms with E-state index in [0.717, 1.165) is 24.4 Å². The molecule has 0 spiro atoms. The van der Waals surface area contributed by atoms with Crippen LogP contribution in [0, 0.1) is 0 Å². The summed E-state index contributed by atoms with van der Waals surface area (Å²) in [6, 6.07) is 9.46. The molecule has 0 N–H and O–H groups in total. The normalized spacial score (nSPS) is 15.6. The molecular weight excluding hydrogens is 210 g/mol. The van der Waals surface area contributed by atoms with Crippen molar-refractivity contribution in [2.75, 3.05) is 13.1 Å². The van der Waals surface area contributed by atoms with Crippen LogP contribution in [0.1, 0.15) is 36.0 Å². The van der Waals surface area contributed by atoms with Gasteiger partial charge < -0.3 is 4.90 Å². The maximum Gasteiger partial charge on any atom is 0.168 e. The number of ketones is 1. The fourth-order valence-corrected chi connectivity index (χ4v) is 2.23. The summed E-state index contributed by atoms with van der Waals surface area (Å²) < 4.78 is 0. The largest absolute Gasteiger partial charge is 0.375 e. The molecule has 1 aliphatic rings. The lowest BCUT2D eigenvalue weighted by Gasteiger charge is -2.30. The van der Waals surface area contributed by atoms with Crippen LogP contribution in [-0.4, -0.2) is 23.8 Å². The van der Waals surface area contributed by atoms with Crippen LogP contribution < -0.4 is 0 Å². The molecule has 0 aliphatic carbocycles. The van der Waals surface area contributed by atoms with Gasteiger partial charge in [0.25, 0.3) is 0 Å². The Labute approximate surface area is 103 Å². The Morgan fingerprint density at radius 1 is 1.12 bits per heavy atom. The van der Waals surface area contributed by atoms with Crippen LogP contribution >= 0.6 is 0 Å². The molecule has 0 radical (unpaired) electrons. The zero-order valence-corrected chi connectivity index (χ0v) is 10.2. The van der Waals surface area contributed by atoms with Gasteiger partial charge in [-0.05, 0) is 19.3 Å². The number of likely N-dealkylation sites (tertiary alicyclic amines) is 1. The Balaban J connectivity index is 1.92. The summed E-state index contributed by atoms with van der Waals surface area (Å²) in [5.74, 6) is 0.168. The van der Waals surface area contributed by atoms with Crippen LogP contribution in [0.25, 0.3) is 0 Å². The zero-order chi connectivity index (χ0) is 12.1. The van der Waals surface area contributed by atoms with E-state index in [-0.39, 0.29) is 5.78 Å². The van der Waals surface area contributed by atoms with Gasteiger partial charge in [0.2, 0.25) is 0 Å². The van der Waals surface area contributed by atoms with Gasteiger partial charge in [0.15, 0.2) is 5.78 Å². The van der Waals surface area contributed by atoms with Gasteiger partial charge in [0.05, 0.1) is 6.42 Å². The highest BCUT2D eigenvalue weighted by Crippen LogP contribution is 2.17. The molecule has 17 heavy (non-hydrogen) atoms. The highest BCUT2D eigenvalue weighted by Gasteiger charge is 2.15. The van der Waals surface area contributed by atoms with Crippen molar-refractivity contribution < 1.29 is 4.79 Å². The topological polar surface area (TPSA) is 20.3 Å². The maximum atomic E-state index is 12.0. The van der Waals surface area contributed by atoms with Crippen molar-refractivity contribution in [3.8, 4) is 0 Å². The predicted octanol–water partition coefficient (Wildman–Crippen LogP) is 3.26. The number of hydrogen-bond acceptors (Lipinski definition) is 2. The Hall–Kier alpha value is -1.57. The lowest BCUT2D eigenvalue weighted by molar-refractivity contribution is 0.0981. The average molecular weight is 229 g/mol. The highest BCUT2D eigenvalue weighted by atomic mass is 16.1. The quantitative estimate of drug-likeness (QED) is 0.739. The molecule has 2 rings (SSSR count). The van der Waals surface area contributed by atoms with Crippen LogP contribution in [0.2, 0.25) is 0 Å². The first-order valence-corrected chi connectivity index (χ1v) is 6.28. The molecule has 2 nitrogen and oxygen atoms in total. The number of Topliss-reactive ketones (excluding diaryl/α,β-unsaturated/α-hetero) is 1. The van der Waals surface area contributed by atoms with Crippen LogP contribution in [0.5, 0.6) is 0 Å². The van der Waals surface area contributed by atoms with Crippen molar-refractivity contribution in [2.45, 2.75) is 25.7 Å². The molecule has 90 valence electrons. The number of benzene rings is 1. The van der Waals surface area contributed by atoms with E-state index in [9.17, 15) is 4.79 Å². The summed E-state index contributed by atoms with van der Waals surface area (Å²) in [5, 5.41) is 0. The second-order valence-corrected chi connectivity index (χ2v) is 4.58. The van der Waals surface area contributed by atoms with Gasteiger partial charge in [-0.15, -0.1) is 0 Å². The van der Waals surface area contributed by atoms with E-state index in [4.69, 9.17) is 0 Å². The van der Waals surface area contributed by atoms with Gasteiger partial charge >= 0.3 is 0 Å². The van der Waals surface area contributed by atoms with Crippen LogP contribution in [-0.2, 0) is 0 Å². The minimum absolute atomic E-state index is 0.168. The number of nitrogens with zero attached hydrogens (tertiary/aromatic N) is 1. The molecule has 0 amide bonds. The number of rotatable bonds is 4. The standard InChI is InChI=1S/C15H19NO/c1-13(16-10-6-3-7-11-16)12-15(17)14-8-4-2-5-9-14/h2,4-5,8-9H,1,3,6-7,10-12H2. The van der Waals surface area contributed by atoms with Gasteiger partial charge in [-0.3, -0.25) is 4.79 Å². The Bertz CT molecular complexity index is 391. The van der Waals surface area contributed by atoms with Crippen molar-refractivity contribution in [3.05, 3.63) is 48.2 Å². The summed E-state index contributed by atoms with van der Waals surface area (Å²) in [6.45, 7) is 6.16. The average Bonchev–Trinajstić information content (AvgIpc) is 2.40. The molecular formula is C15H19NO. The first kappa shape index (κ1) is 11.9. The fourth-order valence-electron chi connectivity index (χ4n) is 2.23. The molecule has 0 bridgehead atoms. The highest BCUT2D eigenvalue weighted by molar-refractivity contribution is 5.97. The minimum Gasteiger partial charge on any atom is -0.375 e. The fraction of sp³-hybridized carbons (Fsp3) is 0.400. The second kappa shape index (κ2) is 5.67. The number of carbonyl (C=O) groups excluding carboxylic acids is 1. The molecule has 0 saturated carbocycles. The lowest BCUT2D eigenvalue weighted by atomic mass is 10.0. The van der Waals surface area contributed by atoms with Gasteiger partial charge in [0, 0.05) is 24.4 Å².